The lowest BCUT2D eigenvalue weighted by atomic mass is 10.1. The lowest BCUT2D eigenvalue weighted by Crippen LogP contribution is -2.39. The third-order valence-corrected chi connectivity index (χ3v) is 6.33. The zero-order chi connectivity index (χ0) is 27.8. The topological polar surface area (TPSA) is 85.7 Å². The van der Waals surface area contributed by atoms with Gasteiger partial charge in [0.25, 0.3) is 5.91 Å². The van der Waals surface area contributed by atoms with Crippen molar-refractivity contribution in [1.82, 2.24) is 14.7 Å². The minimum Gasteiger partial charge on any atom is -0.497 e. The van der Waals surface area contributed by atoms with Gasteiger partial charge in [-0.2, -0.15) is 5.10 Å². The molecule has 1 N–H and O–H groups in total. The van der Waals surface area contributed by atoms with E-state index in [0.717, 1.165) is 35.3 Å². The van der Waals surface area contributed by atoms with E-state index in [1.807, 2.05) is 74.5 Å². The number of methoxy groups -OCH3 is 2. The SMILES string of the molecule is CCCCN(CC(=O)Nc1cc(-c2ccccc2)nn1-c1ccc(C)cc1)C(=O)c1cc(OC)cc(OC)c1. The van der Waals surface area contributed by atoms with Crippen LogP contribution in [0.25, 0.3) is 16.9 Å². The molecule has 0 fully saturated rings. The molecule has 0 aliphatic heterocycles. The van der Waals surface area contributed by atoms with E-state index in [2.05, 4.69) is 5.32 Å². The van der Waals surface area contributed by atoms with Gasteiger partial charge in [0.2, 0.25) is 5.91 Å². The molecule has 0 unspecified atom stereocenters. The Morgan fingerprint density at radius 2 is 1.59 bits per heavy atom. The maximum absolute atomic E-state index is 13.5. The van der Waals surface area contributed by atoms with Crippen molar-refractivity contribution in [3.8, 4) is 28.4 Å². The number of hydrogen-bond donors (Lipinski definition) is 1. The number of nitrogens with zero attached hydrogens (tertiary/aromatic N) is 3. The van der Waals surface area contributed by atoms with Crippen LogP contribution in [0.1, 0.15) is 35.7 Å². The third-order valence-electron chi connectivity index (χ3n) is 6.33. The van der Waals surface area contributed by atoms with E-state index in [4.69, 9.17) is 14.6 Å². The van der Waals surface area contributed by atoms with Crippen molar-refractivity contribution in [1.29, 1.82) is 0 Å². The molecular formula is C31H34N4O4. The highest BCUT2D eigenvalue weighted by atomic mass is 16.5. The number of carbonyl (C=O) groups is 2. The molecule has 0 radical (unpaired) electrons. The fourth-order valence-corrected chi connectivity index (χ4v) is 4.17. The summed E-state index contributed by atoms with van der Waals surface area (Å²) >= 11 is 0. The van der Waals surface area contributed by atoms with Crippen molar-refractivity contribution >= 4 is 17.6 Å². The van der Waals surface area contributed by atoms with Gasteiger partial charge >= 0.3 is 0 Å². The number of aryl methyl sites for hydroxylation is 1. The average Bonchev–Trinajstić information content (AvgIpc) is 3.38. The molecule has 0 atom stereocenters. The second-order valence-electron chi connectivity index (χ2n) is 9.26. The van der Waals surface area contributed by atoms with Crippen LogP contribution >= 0.6 is 0 Å². The van der Waals surface area contributed by atoms with Crippen LogP contribution in [0.4, 0.5) is 5.82 Å². The maximum Gasteiger partial charge on any atom is 0.254 e. The Balaban J connectivity index is 1.61. The van der Waals surface area contributed by atoms with Gasteiger partial charge in [-0.25, -0.2) is 4.68 Å². The van der Waals surface area contributed by atoms with E-state index in [0.29, 0.717) is 29.4 Å². The molecule has 8 heteroatoms. The number of benzene rings is 3. The highest BCUT2D eigenvalue weighted by Gasteiger charge is 2.22. The number of unbranched alkanes of at least 4 members (excludes halogenated alkanes) is 1. The molecule has 4 aromatic rings. The maximum atomic E-state index is 13.5. The van der Waals surface area contributed by atoms with Crippen LogP contribution in [0, 0.1) is 6.92 Å². The number of ether oxygens (including phenoxy) is 2. The van der Waals surface area contributed by atoms with E-state index in [1.54, 1.807) is 27.8 Å². The summed E-state index contributed by atoms with van der Waals surface area (Å²) < 4.78 is 12.4. The van der Waals surface area contributed by atoms with Crippen LogP contribution in [0.2, 0.25) is 0 Å². The van der Waals surface area contributed by atoms with Gasteiger partial charge in [0.15, 0.2) is 0 Å². The van der Waals surface area contributed by atoms with Gasteiger partial charge in [0.05, 0.1) is 25.6 Å². The Hall–Kier alpha value is -4.59. The van der Waals surface area contributed by atoms with E-state index in [-0.39, 0.29) is 18.4 Å². The van der Waals surface area contributed by atoms with Crippen molar-refractivity contribution in [2.45, 2.75) is 26.7 Å². The van der Waals surface area contributed by atoms with Gasteiger partial charge in [0, 0.05) is 29.8 Å². The highest BCUT2D eigenvalue weighted by molar-refractivity contribution is 6.00. The standard InChI is InChI=1S/C31H34N4O4/c1-5-6-16-34(31(37)24-17-26(38-3)19-27(18-24)39-4)21-30(36)32-29-20-28(23-10-8-7-9-11-23)33-35(29)25-14-12-22(2)13-15-25/h7-15,17-20H,5-6,16,21H2,1-4H3,(H,32,36). The summed E-state index contributed by atoms with van der Waals surface area (Å²) in [5.74, 6) is 0.949. The normalized spacial score (nSPS) is 10.7. The van der Waals surface area contributed by atoms with Gasteiger partial charge in [0.1, 0.15) is 23.9 Å². The first-order chi connectivity index (χ1) is 18.9. The Morgan fingerprint density at radius 3 is 2.21 bits per heavy atom. The monoisotopic (exact) mass is 526 g/mol. The second kappa shape index (κ2) is 12.8. The molecule has 0 saturated heterocycles. The smallest absolute Gasteiger partial charge is 0.254 e. The van der Waals surface area contributed by atoms with Gasteiger partial charge in [-0.1, -0.05) is 61.4 Å². The molecule has 0 bridgehead atoms. The summed E-state index contributed by atoms with van der Waals surface area (Å²) in [5.41, 5.74) is 4.00. The first-order valence-electron chi connectivity index (χ1n) is 13.0. The van der Waals surface area contributed by atoms with Gasteiger partial charge in [-0.05, 0) is 37.6 Å². The Kier molecular flexibility index (Phi) is 8.99. The summed E-state index contributed by atoms with van der Waals surface area (Å²) in [4.78, 5) is 28.4. The summed E-state index contributed by atoms with van der Waals surface area (Å²) in [6.07, 6.45) is 1.65. The molecule has 202 valence electrons. The minimum absolute atomic E-state index is 0.113. The molecule has 1 heterocycles. The van der Waals surface area contributed by atoms with Crippen LogP contribution in [0.3, 0.4) is 0 Å². The summed E-state index contributed by atoms with van der Waals surface area (Å²) in [6, 6.07) is 24.6. The lowest BCUT2D eigenvalue weighted by molar-refractivity contribution is -0.116. The fraction of sp³-hybridized carbons (Fsp3) is 0.258. The first kappa shape index (κ1) is 27.4. The molecule has 3 aromatic carbocycles. The molecule has 1 aromatic heterocycles. The average molecular weight is 527 g/mol. The van der Waals surface area contributed by atoms with Crippen molar-refractivity contribution < 1.29 is 19.1 Å². The predicted octanol–water partition coefficient (Wildman–Crippen LogP) is 5.75. The van der Waals surface area contributed by atoms with Crippen LogP contribution in [-0.2, 0) is 4.79 Å². The second-order valence-corrected chi connectivity index (χ2v) is 9.26. The molecule has 0 aliphatic rings. The number of carbonyl (C=O) groups excluding carboxylic acids is 2. The number of nitrogens with one attached hydrogen (secondary N) is 1. The summed E-state index contributed by atoms with van der Waals surface area (Å²) in [5, 5.41) is 7.77. The zero-order valence-electron chi connectivity index (χ0n) is 22.8. The fourth-order valence-electron chi connectivity index (χ4n) is 4.17. The van der Waals surface area contributed by atoms with E-state index in [1.165, 1.54) is 14.2 Å². The van der Waals surface area contributed by atoms with Gasteiger partial charge in [-0.15, -0.1) is 0 Å². The highest BCUT2D eigenvalue weighted by Crippen LogP contribution is 2.26. The third kappa shape index (κ3) is 6.84. The predicted molar refractivity (Wildman–Crippen MR) is 153 cm³/mol. The van der Waals surface area contributed by atoms with Crippen LogP contribution in [-0.4, -0.2) is 53.8 Å². The molecule has 2 amide bonds. The Labute approximate surface area is 229 Å². The number of anilines is 1. The summed E-state index contributed by atoms with van der Waals surface area (Å²) in [7, 11) is 3.07. The molecule has 0 aliphatic carbocycles. The number of amides is 2. The minimum atomic E-state index is -0.317. The molecule has 0 saturated carbocycles. The van der Waals surface area contributed by atoms with E-state index in [9.17, 15) is 9.59 Å². The number of hydrogen-bond acceptors (Lipinski definition) is 5. The van der Waals surface area contributed by atoms with E-state index >= 15 is 0 Å². The molecule has 8 nitrogen and oxygen atoms in total. The van der Waals surface area contributed by atoms with Gasteiger partial charge < -0.3 is 19.7 Å². The van der Waals surface area contributed by atoms with Gasteiger partial charge in [-0.3, -0.25) is 9.59 Å². The Bertz CT molecular complexity index is 1390. The molecule has 39 heavy (non-hydrogen) atoms. The largest absolute Gasteiger partial charge is 0.497 e. The zero-order valence-corrected chi connectivity index (χ0v) is 22.8. The van der Waals surface area contributed by atoms with Crippen LogP contribution in [0.5, 0.6) is 11.5 Å². The van der Waals surface area contributed by atoms with Crippen molar-refractivity contribution in [2.24, 2.45) is 0 Å². The van der Waals surface area contributed by atoms with Crippen molar-refractivity contribution in [3.63, 3.8) is 0 Å². The van der Waals surface area contributed by atoms with Crippen molar-refractivity contribution in [3.05, 3.63) is 90.0 Å². The molecular weight excluding hydrogens is 492 g/mol. The lowest BCUT2D eigenvalue weighted by Gasteiger charge is -2.23. The summed E-state index contributed by atoms with van der Waals surface area (Å²) in [6.45, 7) is 4.39. The number of rotatable bonds is 11. The number of aromatic nitrogens is 2. The Morgan fingerprint density at radius 1 is 0.923 bits per heavy atom. The van der Waals surface area contributed by atoms with Crippen LogP contribution in [0.15, 0.2) is 78.9 Å². The quantitative estimate of drug-likeness (QED) is 0.269. The first-order valence-corrected chi connectivity index (χ1v) is 13.0. The molecule has 0 spiro atoms. The van der Waals surface area contributed by atoms with Crippen molar-refractivity contribution in [2.75, 3.05) is 32.6 Å². The van der Waals surface area contributed by atoms with E-state index < -0.39 is 0 Å². The van der Waals surface area contributed by atoms with Crippen LogP contribution < -0.4 is 14.8 Å². The molecule has 4 rings (SSSR count).